The molecule has 3 heterocycles. The Balaban J connectivity index is 1.87. The summed E-state index contributed by atoms with van der Waals surface area (Å²) < 4.78 is 36.3. The van der Waals surface area contributed by atoms with E-state index in [1.807, 2.05) is 0 Å². The van der Waals surface area contributed by atoms with Crippen LogP contribution in [-0.4, -0.2) is 41.1 Å². The van der Waals surface area contributed by atoms with Crippen LogP contribution in [0.4, 0.5) is 0 Å². The van der Waals surface area contributed by atoms with Gasteiger partial charge in [-0.1, -0.05) is 10.3 Å². The highest BCUT2D eigenvalue weighted by Crippen LogP contribution is 2.31. The van der Waals surface area contributed by atoms with Gasteiger partial charge >= 0.3 is 0 Å². The summed E-state index contributed by atoms with van der Waals surface area (Å²) in [5, 5.41) is 7.48. The van der Waals surface area contributed by atoms with Crippen LogP contribution in [0.1, 0.15) is 29.6 Å². The lowest BCUT2D eigenvalue weighted by molar-refractivity contribution is 0.389. The molecule has 1 atom stereocenters. The lowest BCUT2D eigenvalue weighted by Gasteiger charge is -2.15. The Morgan fingerprint density at radius 2 is 2.15 bits per heavy atom. The molecule has 2 aromatic heterocycles. The van der Waals surface area contributed by atoms with E-state index in [4.69, 9.17) is 9.05 Å². The molecule has 1 aliphatic heterocycles. The maximum Gasteiger partial charge on any atom is 0.248 e. The number of aryl methyl sites for hydroxylation is 2. The first-order valence-electron chi connectivity index (χ1n) is 6.19. The molecule has 1 aliphatic rings. The topological polar surface area (TPSA) is 102 Å². The average Bonchev–Trinajstić information content (AvgIpc) is 3.08. The van der Waals surface area contributed by atoms with Crippen molar-refractivity contribution in [2.45, 2.75) is 31.1 Å². The van der Waals surface area contributed by atoms with Gasteiger partial charge in [0, 0.05) is 19.0 Å². The Bertz CT molecular complexity index is 687. The standard InChI is InChI=1S/C11H14N4O4S/c1-7-10(8(2)19-13-7)20(16,17)15-4-3-9(5-15)11-12-6-18-14-11/h6,9H,3-5H2,1-2H3. The molecule has 8 nitrogen and oxygen atoms in total. The molecule has 0 amide bonds. The van der Waals surface area contributed by atoms with E-state index in [0.717, 1.165) is 0 Å². The van der Waals surface area contributed by atoms with Gasteiger partial charge < -0.3 is 9.05 Å². The maximum absolute atomic E-state index is 12.6. The fourth-order valence-corrected chi connectivity index (χ4v) is 4.28. The van der Waals surface area contributed by atoms with E-state index in [0.29, 0.717) is 36.8 Å². The fourth-order valence-electron chi connectivity index (χ4n) is 2.49. The second-order valence-electron chi connectivity index (χ2n) is 4.79. The van der Waals surface area contributed by atoms with Gasteiger partial charge in [0.25, 0.3) is 0 Å². The van der Waals surface area contributed by atoms with Gasteiger partial charge in [-0.05, 0) is 20.3 Å². The lowest BCUT2D eigenvalue weighted by atomic mass is 10.1. The zero-order valence-corrected chi connectivity index (χ0v) is 11.9. The molecule has 0 N–H and O–H groups in total. The summed E-state index contributed by atoms with van der Waals surface area (Å²) in [6.07, 6.45) is 1.92. The molecule has 0 radical (unpaired) electrons. The van der Waals surface area contributed by atoms with Crippen molar-refractivity contribution in [1.29, 1.82) is 0 Å². The van der Waals surface area contributed by atoms with Crippen LogP contribution >= 0.6 is 0 Å². The van der Waals surface area contributed by atoms with Crippen LogP contribution in [0.25, 0.3) is 0 Å². The molecule has 0 saturated carbocycles. The van der Waals surface area contributed by atoms with Gasteiger partial charge in [0.1, 0.15) is 10.6 Å². The molecule has 1 fully saturated rings. The Labute approximate surface area is 115 Å². The first-order valence-corrected chi connectivity index (χ1v) is 7.63. The van der Waals surface area contributed by atoms with Crippen molar-refractivity contribution < 1.29 is 17.5 Å². The first-order chi connectivity index (χ1) is 9.50. The summed E-state index contributed by atoms with van der Waals surface area (Å²) in [7, 11) is -3.59. The molecule has 0 bridgehead atoms. The highest BCUT2D eigenvalue weighted by molar-refractivity contribution is 7.89. The van der Waals surface area contributed by atoms with E-state index in [9.17, 15) is 8.42 Å². The molecule has 0 aromatic carbocycles. The molecule has 0 aliphatic carbocycles. The Morgan fingerprint density at radius 1 is 1.35 bits per heavy atom. The van der Waals surface area contributed by atoms with Crippen molar-refractivity contribution in [3.8, 4) is 0 Å². The van der Waals surface area contributed by atoms with E-state index in [1.54, 1.807) is 13.8 Å². The third-order valence-corrected chi connectivity index (χ3v) is 5.57. The highest BCUT2D eigenvalue weighted by Gasteiger charge is 2.37. The van der Waals surface area contributed by atoms with E-state index in [2.05, 4.69) is 15.3 Å². The molecular weight excluding hydrogens is 284 g/mol. The summed E-state index contributed by atoms with van der Waals surface area (Å²) in [6, 6.07) is 0. The molecular formula is C11H14N4O4S. The second-order valence-corrected chi connectivity index (χ2v) is 6.67. The molecule has 2 aromatic rings. The Hall–Kier alpha value is -1.74. The minimum absolute atomic E-state index is 0.0380. The van der Waals surface area contributed by atoms with Crippen molar-refractivity contribution >= 4 is 10.0 Å². The summed E-state index contributed by atoms with van der Waals surface area (Å²) in [5.74, 6) is 0.816. The SMILES string of the molecule is Cc1noc(C)c1S(=O)(=O)N1CCC(c2ncon2)C1. The van der Waals surface area contributed by atoms with E-state index < -0.39 is 10.0 Å². The molecule has 1 unspecified atom stereocenters. The molecule has 20 heavy (non-hydrogen) atoms. The van der Waals surface area contributed by atoms with Gasteiger partial charge in [-0.15, -0.1) is 0 Å². The Morgan fingerprint density at radius 3 is 2.75 bits per heavy atom. The Kier molecular flexibility index (Phi) is 3.09. The highest BCUT2D eigenvalue weighted by atomic mass is 32.2. The number of hydrogen-bond donors (Lipinski definition) is 0. The van der Waals surface area contributed by atoms with Crippen molar-refractivity contribution in [2.24, 2.45) is 0 Å². The maximum atomic E-state index is 12.6. The lowest BCUT2D eigenvalue weighted by Crippen LogP contribution is -2.29. The van der Waals surface area contributed by atoms with Gasteiger partial charge in [-0.3, -0.25) is 0 Å². The van der Waals surface area contributed by atoms with Crippen LogP contribution in [0.2, 0.25) is 0 Å². The first kappa shape index (κ1) is 13.3. The van der Waals surface area contributed by atoms with Crippen molar-refractivity contribution in [3.05, 3.63) is 23.7 Å². The predicted molar refractivity (Wildman–Crippen MR) is 66.4 cm³/mol. The van der Waals surface area contributed by atoms with Crippen molar-refractivity contribution in [3.63, 3.8) is 0 Å². The molecule has 1 saturated heterocycles. The summed E-state index contributed by atoms with van der Waals surface area (Å²) in [6.45, 7) is 3.98. The van der Waals surface area contributed by atoms with Crippen LogP contribution in [0, 0.1) is 13.8 Å². The third kappa shape index (κ3) is 2.02. The molecule has 0 spiro atoms. The van der Waals surface area contributed by atoms with E-state index in [1.165, 1.54) is 10.7 Å². The summed E-state index contributed by atoms with van der Waals surface area (Å²) in [4.78, 5) is 4.14. The second kappa shape index (κ2) is 4.67. The molecule has 3 rings (SSSR count). The normalized spacial score (nSPS) is 20.6. The number of sulfonamides is 1. The minimum atomic E-state index is -3.59. The summed E-state index contributed by atoms with van der Waals surface area (Å²) in [5.41, 5.74) is 0.380. The largest absolute Gasteiger partial charge is 0.360 e. The van der Waals surface area contributed by atoms with Crippen LogP contribution in [0.5, 0.6) is 0 Å². The van der Waals surface area contributed by atoms with Crippen LogP contribution < -0.4 is 0 Å². The van der Waals surface area contributed by atoms with Crippen LogP contribution in [-0.2, 0) is 10.0 Å². The number of rotatable bonds is 3. The predicted octanol–water partition coefficient (Wildman–Crippen LogP) is 0.853. The third-order valence-electron chi connectivity index (χ3n) is 3.46. The van der Waals surface area contributed by atoms with Crippen LogP contribution in [0.3, 0.4) is 0 Å². The fraction of sp³-hybridized carbons (Fsp3) is 0.545. The smallest absolute Gasteiger partial charge is 0.248 e. The average molecular weight is 298 g/mol. The van der Waals surface area contributed by atoms with Gasteiger partial charge in [0.15, 0.2) is 11.6 Å². The van der Waals surface area contributed by atoms with Gasteiger partial charge in [-0.2, -0.15) is 9.29 Å². The zero-order chi connectivity index (χ0) is 14.3. The zero-order valence-electron chi connectivity index (χ0n) is 11.1. The van der Waals surface area contributed by atoms with Crippen molar-refractivity contribution in [2.75, 3.05) is 13.1 Å². The molecule has 108 valence electrons. The number of hydrogen-bond acceptors (Lipinski definition) is 7. The van der Waals surface area contributed by atoms with Gasteiger partial charge in [-0.25, -0.2) is 8.42 Å². The number of aromatic nitrogens is 3. The monoisotopic (exact) mass is 298 g/mol. The summed E-state index contributed by atoms with van der Waals surface area (Å²) >= 11 is 0. The molecule has 9 heteroatoms. The van der Waals surface area contributed by atoms with Crippen LogP contribution in [0.15, 0.2) is 20.3 Å². The van der Waals surface area contributed by atoms with E-state index in [-0.39, 0.29) is 10.8 Å². The van der Waals surface area contributed by atoms with Crippen molar-refractivity contribution in [1.82, 2.24) is 19.6 Å². The van der Waals surface area contributed by atoms with Gasteiger partial charge in [0.05, 0.1) is 0 Å². The quantitative estimate of drug-likeness (QED) is 0.827. The number of nitrogens with zero attached hydrogens (tertiary/aromatic N) is 4. The van der Waals surface area contributed by atoms with Gasteiger partial charge in [0.2, 0.25) is 16.4 Å². The minimum Gasteiger partial charge on any atom is -0.360 e. The van der Waals surface area contributed by atoms with E-state index >= 15 is 0 Å².